The Bertz CT molecular complexity index is 661. The molecule has 0 radical (unpaired) electrons. The van der Waals surface area contributed by atoms with Crippen LogP contribution in [-0.2, 0) is 4.79 Å². The third-order valence-electron chi connectivity index (χ3n) is 3.24. The van der Waals surface area contributed by atoms with Gasteiger partial charge in [0.05, 0.1) is 6.54 Å². The number of hydrogen-bond donors (Lipinski definition) is 0. The van der Waals surface area contributed by atoms with Crippen molar-refractivity contribution in [1.82, 2.24) is 14.3 Å². The molecule has 0 fully saturated rings. The van der Waals surface area contributed by atoms with Crippen LogP contribution in [-0.4, -0.2) is 51.8 Å². The Kier molecular flexibility index (Phi) is 4.41. The van der Waals surface area contributed by atoms with Crippen molar-refractivity contribution in [3.63, 3.8) is 0 Å². The van der Waals surface area contributed by atoms with Crippen LogP contribution < -0.4 is 4.90 Å². The quantitative estimate of drug-likeness (QED) is 0.598. The van der Waals surface area contributed by atoms with Gasteiger partial charge in [-0.1, -0.05) is 11.3 Å². The third-order valence-corrected chi connectivity index (χ3v) is 4.00. The molecule has 0 aromatic carbocycles. The fourth-order valence-electron chi connectivity index (χ4n) is 2.14. The highest BCUT2D eigenvalue weighted by Gasteiger charge is 2.27. The van der Waals surface area contributed by atoms with Gasteiger partial charge in [-0.05, 0) is 18.8 Å². The largest absolute Gasteiger partial charge is 0.373 e. The number of amides is 1. The fraction of sp³-hybridized carbons (Fsp3) is 0.500. The maximum absolute atomic E-state index is 12.1. The average molecular weight is 311 g/mol. The first-order valence-corrected chi connectivity index (χ1v) is 7.46. The highest BCUT2D eigenvalue weighted by molar-refractivity contribution is 7.15. The Morgan fingerprint density at radius 3 is 2.71 bits per heavy atom. The van der Waals surface area contributed by atoms with Crippen molar-refractivity contribution in [3.05, 3.63) is 21.7 Å². The zero-order valence-corrected chi connectivity index (χ0v) is 13.0. The lowest BCUT2D eigenvalue weighted by molar-refractivity contribution is -0.389. The number of likely N-dealkylation sites (N-methyl/N-ethyl adjacent to an activating group) is 2. The van der Waals surface area contributed by atoms with Gasteiger partial charge in [-0.2, -0.15) is 9.38 Å². The normalized spacial score (nSPS) is 10.8. The Labute approximate surface area is 125 Å². The van der Waals surface area contributed by atoms with E-state index in [1.54, 1.807) is 23.5 Å². The first-order valence-electron chi connectivity index (χ1n) is 6.58. The van der Waals surface area contributed by atoms with E-state index in [2.05, 4.69) is 4.98 Å². The van der Waals surface area contributed by atoms with E-state index in [4.69, 9.17) is 0 Å². The van der Waals surface area contributed by atoms with Crippen molar-refractivity contribution >= 4 is 33.8 Å². The van der Waals surface area contributed by atoms with Crippen molar-refractivity contribution in [3.8, 4) is 0 Å². The van der Waals surface area contributed by atoms with E-state index in [1.165, 1.54) is 20.6 Å². The molecule has 0 atom stereocenters. The molecule has 0 unspecified atom stereocenters. The van der Waals surface area contributed by atoms with Crippen LogP contribution in [0, 0.1) is 10.1 Å². The summed E-state index contributed by atoms with van der Waals surface area (Å²) in [6.07, 6.45) is 1.61. The number of anilines is 1. The van der Waals surface area contributed by atoms with Crippen LogP contribution >= 0.6 is 11.3 Å². The minimum Gasteiger partial charge on any atom is -0.358 e. The molecule has 0 saturated carbocycles. The van der Waals surface area contributed by atoms with Crippen LogP contribution in [0.2, 0.25) is 0 Å². The van der Waals surface area contributed by atoms with E-state index >= 15 is 0 Å². The minimum atomic E-state index is -0.472. The van der Waals surface area contributed by atoms with Gasteiger partial charge in [0.1, 0.15) is 6.20 Å². The predicted octanol–water partition coefficient (Wildman–Crippen LogP) is 1.61. The molecule has 1 amide bonds. The molecule has 2 aromatic heterocycles. The van der Waals surface area contributed by atoms with Crippen LogP contribution in [0.5, 0.6) is 0 Å². The summed E-state index contributed by atoms with van der Waals surface area (Å²) < 4.78 is 1.43. The number of nitrogens with zero attached hydrogens (tertiary/aromatic N) is 5. The van der Waals surface area contributed by atoms with Crippen LogP contribution in [0.25, 0.3) is 4.96 Å². The molecule has 114 valence electrons. The maximum atomic E-state index is 12.1. The Morgan fingerprint density at radius 2 is 2.14 bits per heavy atom. The number of carbonyl (C=O) groups is 1. The Morgan fingerprint density at radius 1 is 1.48 bits per heavy atom. The molecule has 0 bridgehead atoms. The molecule has 0 saturated heterocycles. The molecule has 9 heteroatoms. The summed E-state index contributed by atoms with van der Waals surface area (Å²) in [5.74, 6) is 0.0293. The predicted molar refractivity (Wildman–Crippen MR) is 80.9 cm³/mol. The zero-order chi connectivity index (χ0) is 15.6. The summed E-state index contributed by atoms with van der Waals surface area (Å²) in [4.78, 5) is 30.9. The van der Waals surface area contributed by atoms with E-state index in [-0.39, 0.29) is 24.1 Å². The number of hydrogen-bond acceptors (Lipinski definition) is 6. The van der Waals surface area contributed by atoms with Crippen molar-refractivity contribution in [2.45, 2.75) is 13.8 Å². The first-order chi connectivity index (χ1) is 9.99. The highest BCUT2D eigenvalue weighted by Crippen LogP contribution is 2.30. The Balaban J connectivity index is 2.29. The molecule has 8 nitrogen and oxygen atoms in total. The van der Waals surface area contributed by atoms with E-state index in [0.29, 0.717) is 18.1 Å². The van der Waals surface area contributed by atoms with Gasteiger partial charge in [-0.15, -0.1) is 0 Å². The summed E-state index contributed by atoms with van der Waals surface area (Å²) in [5.41, 5.74) is 0. The smallest absolute Gasteiger partial charge is 0.358 e. The molecule has 0 aliphatic carbocycles. The molecular weight excluding hydrogens is 294 g/mol. The second-order valence-electron chi connectivity index (χ2n) is 4.49. The van der Waals surface area contributed by atoms with Gasteiger partial charge < -0.3 is 19.9 Å². The molecule has 2 rings (SSSR count). The summed E-state index contributed by atoms with van der Waals surface area (Å²) >= 11 is 1.32. The van der Waals surface area contributed by atoms with E-state index in [0.717, 1.165) is 0 Å². The lowest BCUT2D eigenvalue weighted by Crippen LogP contribution is -2.39. The fourth-order valence-corrected chi connectivity index (χ4v) is 2.85. The molecular formula is C12H17N5O3S. The highest BCUT2D eigenvalue weighted by atomic mass is 32.1. The van der Waals surface area contributed by atoms with Crippen LogP contribution in [0.15, 0.2) is 11.6 Å². The van der Waals surface area contributed by atoms with Crippen molar-refractivity contribution in [1.29, 1.82) is 0 Å². The number of fused-ring (bicyclic) bond motifs is 1. The lowest BCUT2D eigenvalue weighted by Gasteiger charge is -2.22. The molecule has 0 N–H and O–H groups in total. The Hall–Kier alpha value is -2.16. The number of imidazole rings is 1. The molecule has 21 heavy (non-hydrogen) atoms. The second kappa shape index (κ2) is 6.08. The van der Waals surface area contributed by atoms with Crippen LogP contribution in [0.1, 0.15) is 13.8 Å². The lowest BCUT2D eigenvalue weighted by atomic mass is 10.4. The average Bonchev–Trinajstić information content (AvgIpc) is 2.98. The zero-order valence-electron chi connectivity index (χ0n) is 12.1. The van der Waals surface area contributed by atoms with Gasteiger partial charge in [0.15, 0.2) is 0 Å². The van der Waals surface area contributed by atoms with Gasteiger partial charge in [0.25, 0.3) is 4.96 Å². The van der Waals surface area contributed by atoms with E-state index in [1.807, 2.05) is 13.8 Å². The maximum Gasteiger partial charge on any atom is 0.373 e. The van der Waals surface area contributed by atoms with Crippen molar-refractivity contribution < 1.29 is 9.72 Å². The van der Waals surface area contributed by atoms with Crippen LogP contribution in [0.4, 0.5) is 11.6 Å². The number of nitro groups is 1. The second-order valence-corrected chi connectivity index (χ2v) is 5.37. The SMILES string of the molecule is CCN(CC)C(=O)CN(C)c1nc2sccn2c1[N+](=O)[O-]. The van der Waals surface area contributed by atoms with Gasteiger partial charge in [-0.3, -0.25) is 4.79 Å². The molecule has 2 heterocycles. The number of carbonyl (C=O) groups excluding carboxylic acids is 1. The standard InChI is InChI=1S/C12H17N5O3S/c1-4-15(5-2)9(18)8-14(3)10-11(17(19)20)16-6-7-21-12(16)13-10/h6-7H,4-5,8H2,1-3H3. The van der Waals surface area contributed by atoms with Gasteiger partial charge >= 0.3 is 5.82 Å². The van der Waals surface area contributed by atoms with Gasteiger partial charge in [-0.25, -0.2) is 0 Å². The molecule has 0 spiro atoms. The first kappa shape index (κ1) is 15.2. The van der Waals surface area contributed by atoms with Gasteiger partial charge in [0, 0.05) is 25.5 Å². The summed E-state index contributed by atoms with van der Waals surface area (Å²) in [6.45, 7) is 5.09. The van der Waals surface area contributed by atoms with Crippen molar-refractivity contribution in [2.24, 2.45) is 0 Å². The van der Waals surface area contributed by atoms with E-state index < -0.39 is 4.92 Å². The van der Waals surface area contributed by atoms with Crippen LogP contribution in [0.3, 0.4) is 0 Å². The van der Waals surface area contributed by atoms with Gasteiger partial charge in [0.2, 0.25) is 11.7 Å². The van der Waals surface area contributed by atoms with Crippen molar-refractivity contribution in [2.75, 3.05) is 31.6 Å². The monoisotopic (exact) mass is 311 g/mol. The number of thiazole rings is 1. The molecule has 2 aromatic rings. The molecule has 0 aliphatic rings. The number of rotatable bonds is 6. The number of aromatic nitrogens is 2. The molecule has 0 aliphatic heterocycles. The third kappa shape index (κ3) is 2.82. The van der Waals surface area contributed by atoms with E-state index in [9.17, 15) is 14.9 Å². The summed E-state index contributed by atoms with van der Waals surface area (Å²) in [7, 11) is 1.64. The summed E-state index contributed by atoms with van der Waals surface area (Å²) in [5, 5.41) is 13.0. The summed E-state index contributed by atoms with van der Waals surface area (Å²) in [6, 6.07) is 0. The minimum absolute atomic E-state index is 0.0629. The topological polar surface area (TPSA) is 84.0 Å².